The second-order valence-corrected chi connectivity index (χ2v) is 3.90. The van der Waals surface area contributed by atoms with E-state index in [0.29, 0.717) is 5.92 Å². The maximum atomic E-state index is 9.68. The van der Waals surface area contributed by atoms with Gasteiger partial charge in [0.15, 0.2) is 0 Å². The number of aliphatic hydroxyl groups excluding tert-OH is 1. The zero-order valence-electron chi connectivity index (χ0n) is 7.59. The van der Waals surface area contributed by atoms with Crippen molar-refractivity contribution in [2.24, 2.45) is 5.92 Å². The molecule has 0 aliphatic heterocycles. The third-order valence-corrected chi connectivity index (χ3v) is 3.10. The van der Waals surface area contributed by atoms with Gasteiger partial charge in [-0.15, -0.1) is 0 Å². The van der Waals surface area contributed by atoms with E-state index in [9.17, 15) is 5.11 Å². The van der Waals surface area contributed by atoms with Crippen molar-refractivity contribution in [3.63, 3.8) is 0 Å². The molecular formula is C11H16O. The topological polar surface area (TPSA) is 20.2 Å². The van der Waals surface area contributed by atoms with Crippen LogP contribution in [0.25, 0.3) is 0 Å². The average Bonchev–Trinajstić information content (AvgIpc) is 2.30. The molecular weight excluding hydrogens is 148 g/mol. The Hall–Kier alpha value is -0.560. The summed E-state index contributed by atoms with van der Waals surface area (Å²) in [5.74, 6) is 0.354. The van der Waals surface area contributed by atoms with Gasteiger partial charge >= 0.3 is 0 Å². The molecule has 1 saturated carbocycles. The Balaban J connectivity index is 2.32. The van der Waals surface area contributed by atoms with E-state index in [4.69, 9.17) is 0 Å². The number of hydrogen-bond donors (Lipinski definition) is 1. The molecule has 0 saturated heterocycles. The summed E-state index contributed by atoms with van der Waals surface area (Å²) in [5, 5.41) is 9.68. The van der Waals surface area contributed by atoms with Crippen molar-refractivity contribution in [1.82, 2.24) is 0 Å². The Morgan fingerprint density at radius 2 is 2.25 bits per heavy atom. The molecule has 1 N–H and O–H groups in total. The van der Waals surface area contributed by atoms with Crippen LogP contribution in [0.5, 0.6) is 0 Å². The third kappa shape index (κ3) is 1.22. The van der Waals surface area contributed by atoms with Gasteiger partial charge in [-0.2, -0.15) is 0 Å². The Labute approximate surface area is 73.8 Å². The predicted molar refractivity (Wildman–Crippen MR) is 49.8 cm³/mol. The minimum absolute atomic E-state index is 0.107. The summed E-state index contributed by atoms with van der Waals surface area (Å²) in [4.78, 5) is 0. The van der Waals surface area contributed by atoms with Gasteiger partial charge in [0.2, 0.25) is 0 Å². The van der Waals surface area contributed by atoms with E-state index in [1.54, 1.807) is 0 Å². The van der Waals surface area contributed by atoms with E-state index in [1.165, 1.54) is 17.6 Å². The van der Waals surface area contributed by atoms with Crippen molar-refractivity contribution in [3.05, 3.63) is 23.3 Å². The van der Waals surface area contributed by atoms with Crippen LogP contribution in [0.15, 0.2) is 23.3 Å². The first-order chi connectivity index (χ1) is 5.79. The number of rotatable bonds is 0. The molecule has 0 radical (unpaired) electrons. The standard InChI is InChI=1S/C11H16O/c1-8-4-2-3-5-10-9(8)6-7-11(10)12/h3,5,10-12H,2,4,6-7H2,1H3. The van der Waals surface area contributed by atoms with E-state index >= 15 is 0 Å². The van der Waals surface area contributed by atoms with Gasteiger partial charge in [0.25, 0.3) is 0 Å². The number of aliphatic hydroxyl groups is 1. The average molecular weight is 164 g/mol. The highest BCUT2D eigenvalue weighted by molar-refractivity contribution is 5.27. The first-order valence-corrected chi connectivity index (χ1v) is 4.82. The predicted octanol–water partition coefficient (Wildman–Crippen LogP) is 2.42. The lowest BCUT2D eigenvalue weighted by atomic mass is 9.97. The van der Waals surface area contributed by atoms with Gasteiger partial charge in [-0.1, -0.05) is 23.3 Å². The molecule has 2 unspecified atom stereocenters. The van der Waals surface area contributed by atoms with Crippen LogP contribution < -0.4 is 0 Å². The van der Waals surface area contributed by atoms with Crippen LogP contribution in [0.3, 0.4) is 0 Å². The molecule has 0 amide bonds. The maximum absolute atomic E-state index is 9.68. The molecule has 1 heteroatoms. The van der Waals surface area contributed by atoms with E-state index in [2.05, 4.69) is 19.1 Å². The zero-order valence-corrected chi connectivity index (χ0v) is 7.59. The minimum Gasteiger partial charge on any atom is -0.392 e. The molecule has 2 atom stereocenters. The van der Waals surface area contributed by atoms with Gasteiger partial charge in [0.1, 0.15) is 0 Å². The summed E-state index contributed by atoms with van der Waals surface area (Å²) < 4.78 is 0. The van der Waals surface area contributed by atoms with Crippen molar-refractivity contribution in [2.75, 3.05) is 0 Å². The Bertz CT molecular complexity index is 237. The number of allylic oxidation sites excluding steroid dienone is 2. The van der Waals surface area contributed by atoms with Gasteiger partial charge in [0.05, 0.1) is 6.10 Å². The van der Waals surface area contributed by atoms with Crippen LogP contribution >= 0.6 is 0 Å². The fraction of sp³-hybridized carbons (Fsp3) is 0.636. The molecule has 0 spiro atoms. The molecule has 0 bridgehead atoms. The molecule has 2 aliphatic rings. The van der Waals surface area contributed by atoms with Gasteiger partial charge in [-0.25, -0.2) is 0 Å². The molecule has 2 aliphatic carbocycles. The monoisotopic (exact) mass is 164 g/mol. The van der Waals surface area contributed by atoms with E-state index in [1.807, 2.05) is 0 Å². The van der Waals surface area contributed by atoms with Crippen LogP contribution in [0, 0.1) is 5.92 Å². The van der Waals surface area contributed by atoms with Crippen molar-refractivity contribution in [3.8, 4) is 0 Å². The molecule has 66 valence electrons. The third-order valence-electron chi connectivity index (χ3n) is 3.10. The first kappa shape index (κ1) is 8.06. The highest BCUT2D eigenvalue weighted by Crippen LogP contribution is 2.37. The summed E-state index contributed by atoms with van der Waals surface area (Å²) in [7, 11) is 0. The molecule has 1 nitrogen and oxygen atoms in total. The van der Waals surface area contributed by atoms with Gasteiger partial charge in [0, 0.05) is 5.92 Å². The molecule has 12 heavy (non-hydrogen) atoms. The van der Waals surface area contributed by atoms with Crippen molar-refractivity contribution >= 4 is 0 Å². The molecule has 0 aromatic rings. The highest BCUT2D eigenvalue weighted by Gasteiger charge is 2.29. The quantitative estimate of drug-likeness (QED) is 0.545. The van der Waals surface area contributed by atoms with Crippen molar-refractivity contribution in [1.29, 1.82) is 0 Å². The fourth-order valence-electron chi connectivity index (χ4n) is 2.33. The van der Waals surface area contributed by atoms with Gasteiger partial charge in [-0.05, 0) is 32.6 Å². The Morgan fingerprint density at radius 3 is 3.08 bits per heavy atom. The lowest BCUT2D eigenvalue weighted by Crippen LogP contribution is -2.11. The van der Waals surface area contributed by atoms with Crippen molar-refractivity contribution < 1.29 is 5.11 Å². The summed E-state index contributed by atoms with van der Waals surface area (Å²) in [6, 6.07) is 0. The summed E-state index contributed by atoms with van der Waals surface area (Å²) >= 11 is 0. The smallest absolute Gasteiger partial charge is 0.0643 e. The van der Waals surface area contributed by atoms with E-state index < -0.39 is 0 Å². The number of fused-ring (bicyclic) bond motifs is 1. The minimum atomic E-state index is -0.107. The van der Waals surface area contributed by atoms with Crippen LogP contribution in [-0.4, -0.2) is 11.2 Å². The van der Waals surface area contributed by atoms with E-state index in [-0.39, 0.29) is 6.10 Å². The largest absolute Gasteiger partial charge is 0.392 e. The summed E-state index contributed by atoms with van der Waals surface area (Å²) in [6.45, 7) is 2.22. The molecule has 0 aromatic heterocycles. The first-order valence-electron chi connectivity index (χ1n) is 4.82. The van der Waals surface area contributed by atoms with E-state index in [0.717, 1.165) is 19.3 Å². The van der Waals surface area contributed by atoms with Crippen molar-refractivity contribution in [2.45, 2.75) is 38.7 Å². The Morgan fingerprint density at radius 1 is 1.42 bits per heavy atom. The van der Waals surface area contributed by atoms with Crippen LogP contribution in [0.1, 0.15) is 32.6 Å². The van der Waals surface area contributed by atoms with Crippen LogP contribution in [-0.2, 0) is 0 Å². The summed E-state index contributed by atoms with van der Waals surface area (Å²) in [5.41, 5.74) is 3.03. The maximum Gasteiger partial charge on any atom is 0.0643 e. The summed E-state index contributed by atoms with van der Waals surface area (Å²) in [6.07, 6.45) is 8.72. The lowest BCUT2D eigenvalue weighted by Gasteiger charge is -2.11. The number of hydrogen-bond acceptors (Lipinski definition) is 1. The van der Waals surface area contributed by atoms with Gasteiger partial charge < -0.3 is 5.11 Å². The second-order valence-electron chi connectivity index (χ2n) is 3.90. The Kier molecular flexibility index (Phi) is 2.05. The molecule has 1 fully saturated rings. The molecule has 0 aromatic carbocycles. The van der Waals surface area contributed by atoms with Gasteiger partial charge in [-0.3, -0.25) is 0 Å². The SMILES string of the molecule is CC1=C2CCC(O)C2C=CCC1. The fourth-order valence-corrected chi connectivity index (χ4v) is 2.33. The van der Waals surface area contributed by atoms with Crippen LogP contribution in [0.2, 0.25) is 0 Å². The molecule has 2 rings (SSSR count). The molecule has 0 heterocycles. The van der Waals surface area contributed by atoms with Crippen LogP contribution in [0.4, 0.5) is 0 Å². The highest BCUT2D eigenvalue weighted by atomic mass is 16.3. The second kappa shape index (κ2) is 3.06. The normalized spacial score (nSPS) is 35.2. The zero-order chi connectivity index (χ0) is 8.55. The lowest BCUT2D eigenvalue weighted by molar-refractivity contribution is 0.159.